The standard InChI is InChI=1S/C35H43F2N6O6P/c1-50(2,49)35(36,37)23-12-14-25-22(18-23)19-28(40-25)32(46)42-27-11-7-6-10-24-13-16-29(43(24)34(27)48)33(47)41-26(15-17-30(38)44)31(45)39-20-21-8-4-3-5-9-21/h3-5,8-9,12,14,18-19,24,26-27,29,40H,6-7,10-11,13,15-17,20H2,1-2H3,(H2,38,44)(H,39,45)(H,41,47)(H,42,46)/t24?,26?,27-,29-/m0/s1. The highest BCUT2D eigenvalue weighted by Gasteiger charge is 2.46. The third-order valence-electron chi connectivity index (χ3n) is 9.45. The second kappa shape index (κ2) is 15.1. The number of carbonyl (C=O) groups excluding carboxylic acids is 5. The van der Waals surface area contributed by atoms with Crippen LogP contribution in [0.1, 0.15) is 73.0 Å². The summed E-state index contributed by atoms with van der Waals surface area (Å²) in [7, 11) is -3.81. The van der Waals surface area contributed by atoms with Crippen molar-refractivity contribution >= 4 is 47.6 Å². The molecule has 12 nitrogen and oxygen atoms in total. The van der Waals surface area contributed by atoms with E-state index < -0.39 is 66.0 Å². The predicted molar refractivity (Wildman–Crippen MR) is 184 cm³/mol. The van der Waals surface area contributed by atoms with Crippen molar-refractivity contribution in [3.8, 4) is 0 Å². The summed E-state index contributed by atoms with van der Waals surface area (Å²) in [4.78, 5) is 70.3. The van der Waals surface area contributed by atoms with Gasteiger partial charge in [-0.05, 0) is 69.2 Å². The molecule has 15 heteroatoms. The monoisotopic (exact) mass is 712 g/mol. The number of alkyl halides is 2. The van der Waals surface area contributed by atoms with Gasteiger partial charge in [0.2, 0.25) is 23.6 Å². The quantitative estimate of drug-likeness (QED) is 0.177. The molecule has 0 saturated carbocycles. The molecule has 5 rings (SSSR count). The zero-order valence-corrected chi connectivity index (χ0v) is 28.9. The molecule has 2 saturated heterocycles. The fourth-order valence-corrected chi connectivity index (χ4v) is 7.40. The maximum Gasteiger partial charge on any atom is 0.322 e. The van der Waals surface area contributed by atoms with E-state index in [0.717, 1.165) is 25.3 Å². The Balaban J connectivity index is 1.29. The van der Waals surface area contributed by atoms with Crippen LogP contribution in [0.15, 0.2) is 54.6 Å². The number of halogens is 2. The Hall–Kier alpha value is -4.58. The molecular weight excluding hydrogens is 669 g/mol. The topological polar surface area (TPSA) is 184 Å². The number of aromatic amines is 1. The van der Waals surface area contributed by atoms with Crippen LogP contribution < -0.4 is 21.7 Å². The van der Waals surface area contributed by atoms with Gasteiger partial charge in [-0.3, -0.25) is 24.0 Å². The first-order valence-corrected chi connectivity index (χ1v) is 19.4. The van der Waals surface area contributed by atoms with Crippen molar-refractivity contribution in [1.82, 2.24) is 25.8 Å². The lowest BCUT2D eigenvalue weighted by molar-refractivity contribution is -0.143. The molecule has 2 aromatic carbocycles. The van der Waals surface area contributed by atoms with Gasteiger partial charge in [-0.25, -0.2) is 0 Å². The Labute approximate surface area is 288 Å². The first-order valence-electron chi connectivity index (χ1n) is 16.7. The zero-order valence-electron chi connectivity index (χ0n) is 28.0. The summed E-state index contributed by atoms with van der Waals surface area (Å²) in [5, 5.41) is 8.63. The summed E-state index contributed by atoms with van der Waals surface area (Å²) in [5.41, 5.74) is 2.69. The number of carbonyl (C=O) groups is 5. The summed E-state index contributed by atoms with van der Waals surface area (Å²) in [5.74, 6) is -2.71. The number of nitrogens with one attached hydrogen (secondary N) is 4. The van der Waals surface area contributed by atoms with Crippen LogP contribution in [0.4, 0.5) is 8.78 Å². The molecule has 2 aliphatic heterocycles. The largest absolute Gasteiger partial charge is 0.370 e. The number of hydrogen-bond acceptors (Lipinski definition) is 6. The van der Waals surface area contributed by atoms with E-state index in [9.17, 15) is 37.3 Å². The second-order valence-electron chi connectivity index (χ2n) is 13.4. The summed E-state index contributed by atoms with van der Waals surface area (Å²) >= 11 is 0. The van der Waals surface area contributed by atoms with Crippen LogP contribution in [0.25, 0.3) is 10.9 Å². The van der Waals surface area contributed by atoms with E-state index in [1.54, 1.807) is 0 Å². The van der Waals surface area contributed by atoms with Crippen molar-refractivity contribution in [2.45, 2.75) is 87.7 Å². The fraction of sp³-hybridized carbons (Fsp3) is 0.457. The Kier molecular flexibility index (Phi) is 11.1. The van der Waals surface area contributed by atoms with Crippen LogP contribution in [-0.4, -0.2) is 76.9 Å². The summed E-state index contributed by atoms with van der Waals surface area (Å²) in [6, 6.07) is 11.2. The van der Waals surface area contributed by atoms with Crippen LogP contribution in [0.2, 0.25) is 0 Å². The molecule has 3 heterocycles. The molecule has 0 spiro atoms. The molecule has 268 valence electrons. The van der Waals surface area contributed by atoms with E-state index in [1.807, 2.05) is 30.3 Å². The normalized spacial score (nSPS) is 20.4. The highest BCUT2D eigenvalue weighted by atomic mass is 31.2. The van der Waals surface area contributed by atoms with Gasteiger partial charge in [0.15, 0.2) is 7.14 Å². The number of hydrogen-bond donors (Lipinski definition) is 5. The van der Waals surface area contributed by atoms with Crippen molar-refractivity contribution in [2.75, 3.05) is 13.3 Å². The van der Waals surface area contributed by atoms with Crippen molar-refractivity contribution in [2.24, 2.45) is 5.73 Å². The summed E-state index contributed by atoms with van der Waals surface area (Å²) in [6.45, 7) is 2.25. The lowest BCUT2D eigenvalue weighted by atomic mass is 9.98. The molecular formula is C35H43F2N6O6P. The minimum Gasteiger partial charge on any atom is -0.370 e. The van der Waals surface area contributed by atoms with Gasteiger partial charge in [0.25, 0.3) is 5.91 Å². The van der Waals surface area contributed by atoms with Crippen LogP contribution in [-0.2, 0) is 36.0 Å². The van der Waals surface area contributed by atoms with Crippen LogP contribution in [0, 0.1) is 0 Å². The number of nitrogens with two attached hydrogens (primary N) is 1. The highest BCUT2D eigenvalue weighted by Crippen LogP contribution is 2.60. The van der Waals surface area contributed by atoms with Gasteiger partial charge in [-0.2, -0.15) is 8.78 Å². The molecule has 4 atom stereocenters. The average molecular weight is 713 g/mol. The van der Waals surface area contributed by atoms with E-state index >= 15 is 0 Å². The van der Waals surface area contributed by atoms with Crippen LogP contribution in [0.5, 0.6) is 0 Å². The van der Waals surface area contributed by atoms with E-state index in [4.69, 9.17) is 5.73 Å². The minimum absolute atomic E-state index is 0.0235. The number of amides is 5. The molecule has 1 aromatic heterocycles. The minimum atomic E-state index is -3.81. The van der Waals surface area contributed by atoms with Crippen LogP contribution >= 0.6 is 7.14 Å². The maximum absolute atomic E-state index is 14.8. The molecule has 0 radical (unpaired) electrons. The first kappa shape index (κ1) is 36.7. The highest BCUT2D eigenvalue weighted by molar-refractivity contribution is 7.63. The molecule has 2 fully saturated rings. The number of primary amides is 1. The molecule has 5 amide bonds. The average Bonchev–Trinajstić information content (AvgIpc) is 3.70. The van der Waals surface area contributed by atoms with Crippen LogP contribution in [0.3, 0.4) is 0 Å². The predicted octanol–water partition coefficient (Wildman–Crippen LogP) is 3.94. The molecule has 6 N–H and O–H groups in total. The van der Waals surface area contributed by atoms with Gasteiger partial charge >= 0.3 is 5.66 Å². The Bertz CT molecular complexity index is 1810. The third kappa shape index (κ3) is 8.23. The Morgan fingerprint density at radius 2 is 1.74 bits per heavy atom. The summed E-state index contributed by atoms with van der Waals surface area (Å²) in [6.07, 6.45) is 3.19. The molecule has 0 bridgehead atoms. The summed E-state index contributed by atoms with van der Waals surface area (Å²) < 4.78 is 41.8. The number of rotatable bonds is 12. The first-order chi connectivity index (χ1) is 23.7. The zero-order chi connectivity index (χ0) is 36.2. The number of aromatic nitrogens is 1. The molecule has 0 aliphatic carbocycles. The van der Waals surface area contributed by atoms with E-state index in [-0.39, 0.29) is 31.1 Å². The SMILES string of the molecule is CP(C)(=O)C(F)(F)c1ccc2[nH]c(C(=O)N[C@H]3CCCCC4CC[C@@H](C(=O)NC(CCC(N)=O)C(=O)NCc5ccccc5)N4C3=O)cc2c1. The number of benzene rings is 2. The Morgan fingerprint density at radius 3 is 2.44 bits per heavy atom. The maximum atomic E-state index is 14.8. The Morgan fingerprint density at radius 1 is 1.02 bits per heavy atom. The van der Waals surface area contributed by atoms with Gasteiger partial charge in [-0.1, -0.05) is 49.2 Å². The molecule has 2 unspecified atom stereocenters. The van der Waals surface area contributed by atoms with E-state index in [0.29, 0.717) is 43.0 Å². The van der Waals surface area contributed by atoms with E-state index in [2.05, 4.69) is 20.9 Å². The fourth-order valence-electron chi connectivity index (χ4n) is 6.64. The van der Waals surface area contributed by atoms with Gasteiger partial charge in [0, 0.05) is 35.5 Å². The van der Waals surface area contributed by atoms with Crippen molar-refractivity contribution in [1.29, 1.82) is 0 Å². The lowest BCUT2D eigenvalue weighted by Crippen LogP contribution is -2.58. The molecule has 50 heavy (non-hydrogen) atoms. The number of nitrogens with zero attached hydrogens (tertiary/aromatic N) is 1. The lowest BCUT2D eigenvalue weighted by Gasteiger charge is -2.35. The van der Waals surface area contributed by atoms with E-state index in [1.165, 1.54) is 29.2 Å². The van der Waals surface area contributed by atoms with Gasteiger partial charge in [0.1, 0.15) is 23.8 Å². The van der Waals surface area contributed by atoms with Crippen molar-refractivity contribution in [3.05, 3.63) is 71.4 Å². The smallest absolute Gasteiger partial charge is 0.322 e. The third-order valence-corrected chi connectivity index (χ3v) is 11.1. The second-order valence-corrected chi connectivity index (χ2v) is 16.7. The van der Waals surface area contributed by atoms with Gasteiger partial charge in [-0.15, -0.1) is 0 Å². The number of fused-ring (bicyclic) bond motifs is 2. The van der Waals surface area contributed by atoms with Gasteiger partial charge < -0.3 is 36.1 Å². The van der Waals surface area contributed by atoms with Gasteiger partial charge in [0.05, 0.1) is 0 Å². The molecule has 3 aromatic rings. The van der Waals surface area contributed by atoms with Crippen molar-refractivity contribution in [3.63, 3.8) is 0 Å². The number of H-pyrrole nitrogens is 1. The molecule has 2 aliphatic rings. The van der Waals surface area contributed by atoms with Crippen molar-refractivity contribution < 1.29 is 37.3 Å².